The first-order valence-corrected chi connectivity index (χ1v) is 7.25. The van der Waals surface area contributed by atoms with Crippen molar-refractivity contribution in [2.24, 2.45) is 5.10 Å². The summed E-state index contributed by atoms with van der Waals surface area (Å²) in [6, 6.07) is 7.14. The largest absolute Gasteiger partial charge is 0.389 e. The Morgan fingerprint density at radius 1 is 1.30 bits per heavy atom. The van der Waals surface area contributed by atoms with Gasteiger partial charge in [-0.15, -0.1) is 0 Å². The summed E-state index contributed by atoms with van der Waals surface area (Å²) in [5, 5.41) is 14.8. The van der Waals surface area contributed by atoms with Crippen LogP contribution in [0.2, 0.25) is 5.02 Å². The lowest BCUT2D eigenvalue weighted by Crippen LogP contribution is -2.37. The lowest BCUT2D eigenvalue weighted by atomic mass is 9.82. The molecule has 1 amide bonds. The van der Waals surface area contributed by atoms with E-state index in [4.69, 9.17) is 11.6 Å². The van der Waals surface area contributed by atoms with E-state index in [-0.39, 0.29) is 12.3 Å². The van der Waals surface area contributed by atoms with Crippen molar-refractivity contribution in [3.63, 3.8) is 0 Å². The summed E-state index contributed by atoms with van der Waals surface area (Å²) in [6.07, 6.45) is 6.17. The Bertz CT molecular complexity index is 479. The molecule has 1 aliphatic rings. The van der Waals surface area contributed by atoms with Crippen LogP contribution in [0.4, 0.5) is 0 Å². The van der Waals surface area contributed by atoms with E-state index in [1.165, 1.54) is 0 Å². The predicted octanol–water partition coefficient (Wildman–Crippen LogP) is 2.88. The molecule has 1 aromatic carbocycles. The van der Waals surface area contributed by atoms with Crippen molar-refractivity contribution in [3.8, 4) is 0 Å². The second kappa shape index (κ2) is 6.86. The number of hydrogen-bond donors (Lipinski definition) is 2. The highest BCUT2D eigenvalue weighted by atomic mass is 35.5. The second-order valence-electron chi connectivity index (χ2n) is 5.31. The van der Waals surface area contributed by atoms with E-state index in [9.17, 15) is 9.90 Å². The van der Waals surface area contributed by atoms with Crippen LogP contribution in [-0.2, 0) is 4.79 Å². The number of carbonyl (C=O) groups excluding carboxylic acids is 1. The fraction of sp³-hybridized carbons (Fsp3) is 0.467. The Morgan fingerprint density at radius 3 is 2.60 bits per heavy atom. The third-order valence-electron chi connectivity index (χ3n) is 3.55. The van der Waals surface area contributed by atoms with Crippen molar-refractivity contribution in [3.05, 3.63) is 34.9 Å². The smallest absolute Gasteiger partial charge is 0.242 e. The molecule has 2 N–H and O–H groups in total. The van der Waals surface area contributed by atoms with E-state index >= 15 is 0 Å². The minimum Gasteiger partial charge on any atom is -0.389 e. The summed E-state index contributed by atoms with van der Waals surface area (Å²) in [4.78, 5) is 11.8. The quantitative estimate of drug-likeness (QED) is 0.662. The van der Waals surface area contributed by atoms with Gasteiger partial charge in [0.15, 0.2) is 0 Å². The summed E-state index contributed by atoms with van der Waals surface area (Å²) in [6.45, 7) is 0. The molecule has 1 aromatic rings. The summed E-state index contributed by atoms with van der Waals surface area (Å²) < 4.78 is 0. The zero-order valence-corrected chi connectivity index (χ0v) is 12.1. The number of hydrazone groups is 1. The summed E-state index contributed by atoms with van der Waals surface area (Å²) >= 11 is 5.78. The number of carbonyl (C=O) groups is 1. The third kappa shape index (κ3) is 4.62. The SMILES string of the molecule is O=C(CC1(O)CCCCC1)N/N=C/c1ccc(Cl)cc1. The number of hydrogen-bond acceptors (Lipinski definition) is 3. The zero-order valence-electron chi connectivity index (χ0n) is 11.3. The van der Waals surface area contributed by atoms with Crippen LogP contribution in [-0.4, -0.2) is 22.8 Å². The number of amides is 1. The Labute approximate surface area is 123 Å². The van der Waals surface area contributed by atoms with Gasteiger partial charge in [-0.25, -0.2) is 5.43 Å². The van der Waals surface area contributed by atoms with Gasteiger partial charge in [0, 0.05) is 5.02 Å². The Kier molecular flexibility index (Phi) is 5.15. The van der Waals surface area contributed by atoms with Crippen LogP contribution in [0.1, 0.15) is 44.1 Å². The van der Waals surface area contributed by atoms with Gasteiger partial charge in [0.05, 0.1) is 18.2 Å². The summed E-state index contributed by atoms with van der Waals surface area (Å²) in [7, 11) is 0. The van der Waals surface area contributed by atoms with Gasteiger partial charge in [0.25, 0.3) is 0 Å². The maximum Gasteiger partial charge on any atom is 0.242 e. The third-order valence-corrected chi connectivity index (χ3v) is 3.80. The molecule has 1 saturated carbocycles. The fourth-order valence-corrected chi connectivity index (χ4v) is 2.58. The molecule has 0 radical (unpaired) electrons. The van der Waals surface area contributed by atoms with Gasteiger partial charge in [0.1, 0.15) is 0 Å². The highest BCUT2D eigenvalue weighted by Gasteiger charge is 2.31. The van der Waals surface area contributed by atoms with Gasteiger partial charge in [-0.1, -0.05) is 43.0 Å². The summed E-state index contributed by atoms with van der Waals surface area (Å²) in [5.74, 6) is -0.250. The number of nitrogens with zero attached hydrogens (tertiary/aromatic N) is 1. The van der Waals surface area contributed by atoms with Crippen LogP contribution >= 0.6 is 11.6 Å². The molecule has 20 heavy (non-hydrogen) atoms. The monoisotopic (exact) mass is 294 g/mol. The van der Waals surface area contributed by atoms with E-state index in [0.29, 0.717) is 17.9 Å². The molecule has 0 aliphatic heterocycles. The molecule has 4 nitrogen and oxygen atoms in total. The molecular formula is C15H19ClN2O2. The number of aliphatic hydroxyl groups is 1. The van der Waals surface area contributed by atoms with E-state index in [1.807, 2.05) is 12.1 Å². The molecule has 0 bridgehead atoms. The van der Waals surface area contributed by atoms with Gasteiger partial charge in [-0.2, -0.15) is 5.10 Å². The van der Waals surface area contributed by atoms with Gasteiger partial charge >= 0.3 is 0 Å². The Hall–Kier alpha value is -1.39. The second-order valence-corrected chi connectivity index (χ2v) is 5.74. The predicted molar refractivity (Wildman–Crippen MR) is 79.8 cm³/mol. The van der Waals surface area contributed by atoms with Crippen LogP contribution in [0.25, 0.3) is 0 Å². The van der Waals surface area contributed by atoms with Gasteiger partial charge < -0.3 is 5.11 Å². The maximum absolute atomic E-state index is 11.8. The first-order chi connectivity index (χ1) is 9.57. The van der Waals surface area contributed by atoms with E-state index in [1.54, 1.807) is 18.3 Å². The topological polar surface area (TPSA) is 61.7 Å². The van der Waals surface area contributed by atoms with Crippen LogP contribution in [0.5, 0.6) is 0 Å². The highest BCUT2D eigenvalue weighted by molar-refractivity contribution is 6.30. The molecule has 0 spiro atoms. The molecule has 108 valence electrons. The standard InChI is InChI=1S/C15H19ClN2O2/c16-13-6-4-12(5-7-13)11-17-18-14(19)10-15(20)8-2-1-3-9-15/h4-7,11,20H,1-3,8-10H2,(H,18,19)/b17-11+. The lowest BCUT2D eigenvalue weighted by Gasteiger charge is -2.31. The van der Waals surface area contributed by atoms with Crippen molar-refractivity contribution in [1.82, 2.24) is 5.43 Å². The average Bonchev–Trinajstić information content (AvgIpc) is 2.41. The van der Waals surface area contributed by atoms with E-state index in [2.05, 4.69) is 10.5 Å². The molecule has 0 heterocycles. The van der Waals surface area contributed by atoms with Gasteiger partial charge in [-0.3, -0.25) is 4.79 Å². The normalized spacial score (nSPS) is 18.1. The minimum atomic E-state index is -0.849. The molecular weight excluding hydrogens is 276 g/mol. The van der Waals surface area contributed by atoms with Gasteiger partial charge in [0.2, 0.25) is 5.91 Å². The number of rotatable bonds is 4. The Balaban J connectivity index is 1.81. The first kappa shape index (κ1) is 15.0. The average molecular weight is 295 g/mol. The summed E-state index contributed by atoms with van der Waals surface area (Å²) in [5.41, 5.74) is 2.46. The van der Waals surface area contributed by atoms with Crippen molar-refractivity contribution >= 4 is 23.7 Å². The maximum atomic E-state index is 11.8. The molecule has 1 fully saturated rings. The minimum absolute atomic E-state index is 0.116. The lowest BCUT2D eigenvalue weighted by molar-refractivity contribution is -0.127. The Morgan fingerprint density at radius 2 is 1.95 bits per heavy atom. The molecule has 1 aliphatic carbocycles. The zero-order chi connectivity index (χ0) is 14.4. The molecule has 2 rings (SSSR count). The van der Waals surface area contributed by atoms with Crippen molar-refractivity contribution in [1.29, 1.82) is 0 Å². The number of nitrogens with one attached hydrogen (secondary N) is 1. The van der Waals surface area contributed by atoms with Crippen LogP contribution in [0.15, 0.2) is 29.4 Å². The fourth-order valence-electron chi connectivity index (χ4n) is 2.45. The van der Waals surface area contributed by atoms with E-state index in [0.717, 1.165) is 24.8 Å². The van der Waals surface area contributed by atoms with Gasteiger partial charge in [-0.05, 0) is 30.5 Å². The first-order valence-electron chi connectivity index (χ1n) is 6.87. The molecule has 0 aromatic heterocycles. The van der Waals surface area contributed by atoms with Crippen molar-refractivity contribution < 1.29 is 9.90 Å². The van der Waals surface area contributed by atoms with E-state index < -0.39 is 5.60 Å². The molecule has 5 heteroatoms. The highest BCUT2D eigenvalue weighted by Crippen LogP contribution is 2.30. The molecule has 0 unspecified atom stereocenters. The van der Waals surface area contributed by atoms with Crippen LogP contribution in [0.3, 0.4) is 0 Å². The van der Waals surface area contributed by atoms with Crippen LogP contribution in [0, 0.1) is 0 Å². The number of halogens is 1. The number of benzene rings is 1. The van der Waals surface area contributed by atoms with Crippen molar-refractivity contribution in [2.75, 3.05) is 0 Å². The van der Waals surface area contributed by atoms with Crippen molar-refractivity contribution in [2.45, 2.75) is 44.1 Å². The van der Waals surface area contributed by atoms with Crippen LogP contribution < -0.4 is 5.43 Å². The molecule has 0 atom stereocenters. The molecule has 0 saturated heterocycles.